The number of hydrogen-bond donors (Lipinski definition) is 1. The third kappa shape index (κ3) is 2.94. The fraction of sp³-hybridized carbons (Fsp3) is 0.188. The molecule has 0 aliphatic heterocycles. The molecule has 1 amide bonds. The number of nitrogens with zero attached hydrogens (tertiary/aromatic N) is 4. The maximum atomic E-state index is 12.4. The Morgan fingerprint density at radius 2 is 2.09 bits per heavy atom. The number of aromatic nitrogens is 4. The van der Waals surface area contributed by atoms with Crippen LogP contribution in [0.5, 0.6) is 0 Å². The topological polar surface area (TPSA) is 89.8 Å². The lowest BCUT2D eigenvalue weighted by molar-refractivity contribution is 0.102. The lowest BCUT2D eigenvalue weighted by atomic mass is 10.2. The lowest BCUT2D eigenvalue weighted by Gasteiger charge is -2.09. The second-order valence-electron chi connectivity index (χ2n) is 5.36. The molecule has 0 spiro atoms. The Hall–Kier alpha value is -3.09. The summed E-state index contributed by atoms with van der Waals surface area (Å²) in [6.45, 7) is 3.71. The zero-order valence-electron chi connectivity index (χ0n) is 12.7. The number of amides is 1. The fourth-order valence-electron chi connectivity index (χ4n) is 2.17. The Morgan fingerprint density at radius 1 is 1.26 bits per heavy atom. The predicted octanol–water partition coefficient (Wildman–Crippen LogP) is 2.02. The number of pyridine rings is 1. The van der Waals surface area contributed by atoms with E-state index in [1.807, 2.05) is 13.8 Å². The van der Waals surface area contributed by atoms with Gasteiger partial charge in [-0.2, -0.15) is 0 Å². The molecule has 0 saturated heterocycles. The minimum atomic E-state index is -0.288. The molecular weight excluding hydrogens is 294 g/mol. The minimum Gasteiger partial charge on any atom is -0.322 e. The summed E-state index contributed by atoms with van der Waals surface area (Å²) in [5, 5.41) is 11.1. The highest BCUT2D eigenvalue weighted by Crippen LogP contribution is 2.15. The van der Waals surface area contributed by atoms with Gasteiger partial charge < -0.3 is 5.32 Å². The molecule has 1 N–H and O–H groups in total. The summed E-state index contributed by atoms with van der Waals surface area (Å²) in [5.41, 5.74) is 1.22. The van der Waals surface area contributed by atoms with Crippen LogP contribution in [0.4, 0.5) is 5.69 Å². The third-order valence-corrected chi connectivity index (χ3v) is 3.35. The van der Waals surface area contributed by atoms with Crippen LogP contribution in [0.2, 0.25) is 0 Å². The number of carbonyl (C=O) groups excluding carboxylic acids is 1. The summed E-state index contributed by atoms with van der Waals surface area (Å²) in [6, 6.07) is 8.22. The number of benzene rings is 1. The van der Waals surface area contributed by atoms with Crippen molar-refractivity contribution in [1.29, 1.82) is 0 Å². The van der Waals surface area contributed by atoms with Crippen LogP contribution in [-0.2, 0) is 0 Å². The molecule has 7 heteroatoms. The fourth-order valence-corrected chi connectivity index (χ4v) is 2.17. The van der Waals surface area contributed by atoms with Crippen LogP contribution in [0.1, 0.15) is 30.2 Å². The molecule has 0 saturated carbocycles. The highest BCUT2D eigenvalue weighted by atomic mass is 16.1. The molecule has 0 fully saturated rings. The largest absolute Gasteiger partial charge is 0.322 e. The first-order chi connectivity index (χ1) is 11.1. The summed E-state index contributed by atoms with van der Waals surface area (Å²) in [4.78, 5) is 28.5. The molecule has 0 unspecified atom stereocenters. The van der Waals surface area contributed by atoms with Crippen molar-refractivity contribution < 1.29 is 4.79 Å². The van der Waals surface area contributed by atoms with E-state index in [0.717, 1.165) is 0 Å². The summed E-state index contributed by atoms with van der Waals surface area (Å²) >= 11 is 0. The average molecular weight is 309 g/mol. The molecule has 0 aliphatic carbocycles. The number of anilines is 1. The van der Waals surface area contributed by atoms with Gasteiger partial charge in [0.05, 0.1) is 17.0 Å². The van der Waals surface area contributed by atoms with E-state index in [1.165, 1.54) is 10.9 Å². The first-order valence-electron chi connectivity index (χ1n) is 7.17. The van der Waals surface area contributed by atoms with Crippen LogP contribution < -0.4 is 10.9 Å². The first-order valence-corrected chi connectivity index (χ1v) is 7.17. The quantitative estimate of drug-likeness (QED) is 0.799. The maximum absolute atomic E-state index is 12.4. The number of carbonyl (C=O) groups is 1. The molecule has 116 valence electrons. The normalized spacial score (nSPS) is 10.9. The van der Waals surface area contributed by atoms with Gasteiger partial charge in [-0.1, -0.05) is 5.21 Å². The van der Waals surface area contributed by atoms with Crippen molar-refractivity contribution in [3.8, 4) is 0 Å². The molecule has 0 radical (unpaired) electrons. The second-order valence-corrected chi connectivity index (χ2v) is 5.36. The molecule has 2 aromatic heterocycles. The number of hydrogen-bond acceptors (Lipinski definition) is 5. The number of fused-ring (bicyclic) bond motifs is 1. The van der Waals surface area contributed by atoms with Crippen molar-refractivity contribution in [3.05, 3.63) is 58.6 Å². The van der Waals surface area contributed by atoms with Crippen LogP contribution in [-0.4, -0.2) is 25.9 Å². The number of nitrogens with one attached hydrogen (secondary N) is 1. The number of rotatable bonds is 3. The van der Waals surface area contributed by atoms with Crippen molar-refractivity contribution in [2.75, 3.05) is 5.32 Å². The van der Waals surface area contributed by atoms with Crippen LogP contribution in [0.25, 0.3) is 10.9 Å². The third-order valence-electron chi connectivity index (χ3n) is 3.35. The van der Waals surface area contributed by atoms with Crippen LogP contribution in [0.15, 0.2) is 47.5 Å². The van der Waals surface area contributed by atoms with Crippen molar-refractivity contribution in [2.45, 2.75) is 19.9 Å². The standard InChI is InChI=1S/C16H15N5O2/c1-10(2)21-16(23)13-8-12(5-6-14(13)19-20-21)18-15(22)11-4-3-7-17-9-11/h3-10H,1-2H3,(H,18,22). The molecule has 0 atom stereocenters. The van der Waals surface area contributed by atoms with Gasteiger partial charge in [-0.05, 0) is 44.2 Å². The van der Waals surface area contributed by atoms with E-state index in [9.17, 15) is 9.59 Å². The molecular formula is C16H15N5O2. The van der Waals surface area contributed by atoms with Gasteiger partial charge in [0.25, 0.3) is 11.5 Å². The van der Waals surface area contributed by atoms with Gasteiger partial charge >= 0.3 is 0 Å². The summed E-state index contributed by atoms with van der Waals surface area (Å²) in [5.74, 6) is -0.288. The molecule has 3 rings (SSSR count). The molecule has 3 aromatic rings. The summed E-state index contributed by atoms with van der Waals surface area (Å²) < 4.78 is 1.31. The van der Waals surface area contributed by atoms with Crippen LogP contribution in [0.3, 0.4) is 0 Å². The highest BCUT2D eigenvalue weighted by molar-refractivity contribution is 6.04. The van der Waals surface area contributed by atoms with E-state index in [4.69, 9.17) is 0 Å². The smallest absolute Gasteiger partial charge is 0.277 e. The molecule has 2 heterocycles. The second kappa shape index (κ2) is 5.96. The monoisotopic (exact) mass is 309 g/mol. The summed E-state index contributed by atoms with van der Waals surface area (Å²) in [6.07, 6.45) is 3.08. The molecule has 0 bridgehead atoms. The zero-order chi connectivity index (χ0) is 16.4. The van der Waals surface area contributed by atoms with Gasteiger partial charge in [0.1, 0.15) is 5.52 Å². The van der Waals surface area contributed by atoms with E-state index in [0.29, 0.717) is 22.2 Å². The maximum Gasteiger partial charge on any atom is 0.277 e. The van der Waals surface area contributed by atoms with Gasteiger partial charge in [0.15, 0.2) is 0 Å². The van der Waals surface area contributed by atoms with E-state index >= 15 is 0 Å². The molecule has 1 aromatic carbocycles. The van der Waals surface area contributed by atoms with E-state index in [1.54, 1.807) is 36.5 Å². The van der Waals surface area contributed by atoms with Crippen molar-refractivity contribution in [1.82, 2.24) is 20.0 Å². The molecule has 23 heavy (non-hydrogen) atoms. The first kappa shape index (κ1) is 14.8. The van der Waals surface area contributed by atoms with E-state index in [-0.39, 0.29) is 17.5 Å². The Morgan fingerprint density at radius 3 is 2.78 bits per heavy atom. The van der Waals surface area contributed by atoms with Gasteiger partial charge in [-0.25, -0.2) is 4.68 Å². The van der Waals surface area contributed by atoms with Gasteiger partial charge in [0, 0.05) is 18.1 Å². The zero-order valence-corrected chi connectivity index (χ0v) is 12.7. The van der Waals surface area contributed by atoms with E-state index < -0.39 is 0 Å². The minimum absolute atomic E-state index is 0.0898. The Balaban J connectivity index is 1.98. The van der Waals surface area contributed by atoms with Crippen LogP contribution >= 0.6 is 0 Å². The highest BCUT2D eigenvalue weighted by Gasteiger charge is 2.11. The van der Waals surface area contributed by atoms with Crippen molar-refractivity contribution in [3.63, 3.8) is 0 Å². The van der Waals surface area contributed by atoms with Gasteiger partial charge in [0.2, 0.25) is 0 Å². The van der Waals surface area contributed by atoms with Crippen LogP contribution in [0, 0.1) is 0 Å². The summed E-state index contributed by atoms with van der Waals surface area (Å²) in [7, 11) is 0. The molecule has 0 aliphatic rings. The lowest BCUT2D eigenvalue weighted by Crippen LogP contribution is -2.26. The average Bonchev–Trinajstić information content (AvgIpc) is 2.56. The Kier molecular flexibility index (Phi) is 3.84. The SMILES string of the molecule is CC(C)n1nnc2ccc(NC(=O)c3cccnc3)cc2c1=O. The predicted molar refractivity (Wildman–Crippen MR) is 86.4 cm³/mol. The molecule has 7 nitrogen and oxygen atoms in total. The Labute approximate surface area is 132 Å². The van der Waals surface area contributed by atoms with E-state index in [2.05, 4.69) is 20.6 Å². The van der Waals surface area contributed by atoms with Gasteiger partial charge in [-0.15, -0.1) is 5.10 Å². The van der Waals surface area contributed by atoms with Gasteiger partial charge in [-0.3, -0.25) is 14.6 Å². The van der Waals surface area contributed by atoms with Crippen molar-refractivity contribution in [2.24, 2.45) is 0 Å². The van der Waals surface area contributed by atoms with Crippen molar-refractivity contribution >= 4 is 22.5 Å². The Bertz CT molecular complexity index is 919.